The van der Waals surface area contributed by atoms with Crippen molar-refractivity contribution in [2.24, 2.45) is 0 Å². The molecule has 764 valence electrons. The number of ether oxygens (including phenoxy) is 6. The van der Waals surface area contributed by atoms with Crippen LogP contribution in [0.25, 0.3) is 0 Å². The van der Waals surface area contributed by atoms with Crippen LogP contribution in [0.15, 0.2) is 48.6 Å². The molecule has 0 radical (unpaired) electrons. The fourth-order valence-corrected chi connectivity index (χ4v) is 16.0. The van der Waals surface area contributed by atoms with Crippen molar-refractivity contribution < 1.29 is 166 Å². The molecule has 0 aliphatic heterocycles. The van der Waals surface area contributed by atoms with Gasteiger partial charge in [0.2, 0.25) is 23.6 Å². The summed E-state index contributed by atoms with van der Waals surface area (Å²) in [7, 11) is -9.77. The average Bonchev–Trinajstić information content (AvgIpc) is 0.902. The van der Waals surface area contributed by atoms with Gasteiger partial charge < -0.3 is 62.3 Å². The van der Waals surface area contributed by atoms with Gasteiger partial charge in [0.15, 0.2) is 0 Å². The maximum Gasteiger partial charge on any atom is 1.00 e. The third-order valence-corrected chi connectivity index (χ3v) is 24.2. The van der Waals surface area contributed by atoms with Gasteiger partial charge in [0.25, 0.3) is 0 Å². The molecule has 6 N–H and O–H groups in total. The molecule has 4 unspecified atom stereocenters. The Kier molecular flexibility index (Phi) is 102. The molecule has 0 heterocycles. The predicted octanol–water partition coefficient (Wildman–Crippen LogP) is 19.2. The van der Waals surface area contributed by atoms with Gasteiger partial charge >= 0.3 is 98.6 Å². The van der Waals surface area contributed by atoms with Crippen molar-refractivity contribution in [3.63, 3.8) is 0 Å². The number of rotatable bonds is 96. The van der Waals surface area contributed by atoms with E-state index in [1.165, 1.54) is 77.0 Å². The van der Waals surface area contributed by atoms with Crippen molar-refractivity contribution in [1.82, 2.24) is 21.3 Å². The van der Waals surface area contributed by atoms with Crippen molar-refractivity contribution in [3.8, 4) is 0 Å². The molecular weight excluding hydrogens is 1740 g/mol. The van der Waals surface area contributed by atoms with Crippen LogP contribution in [0.1, 0.15) is 457 Å². The number of phosphoric acid groups is 2. The minimum atomic E-state index is -4.89. The Balaban J connectivity index is -0.00000819. The molecule has 0 spiro atoms. The standard InChI is InChI=1S/C101H186N4O22P2.CH4.2Na.2H/c1-9-17-25-33-37-41-45-53-61-69-98(110)124-90(65-57-49-29-21-13-5)73-77-118-84-88(104-96(108)81-92(67-59-51-31-23-15-7)126-100(112)71-63-55-47-43-39-35-27-19-11-3)86-122-128(114,115)120-79-75-102-94(106)83-95(107)103-76-80-121-129(116,117)123-87-89(85-119-78-74-91(66-58-50-30-22-14-6)125-99(111)70-62-54-46-42-38-34-26-18-10-2)105-97(109)82-93(68-60-52-32-24-16-8)127-101(113)72-64-56-48-44-40-36-28-20-12-4;;;;;/h41-48,88-93H,9-40,49-87H2,1-8H3,(H,102,106)(H,103,107)(H,104,108)(H,105,109)(H,114,115)(H,116,117);1H4;;;;/q;;2*+1;2*-1/b45-41-,46-42-,47-43-,48-44-;;;;;/t88?,89?,90-,91-,92-,93-;;;;;/m1...../s1. The summed E-state index contributed by atoms with van der Waals surface area (Å²) in [6.07, 6.45) is 66.0. The van der Waals surface area contributed by atoms with Gasteiger partial charge in [0.1, 0.15) is 30.8 Å². The topological polar surface area (TPSA) is 352 Å². The molecule has 4 amide bonds. The summed E-state index contributed by atoms with van der Waals surface area (Å²) < 4.78 is 84.5. The summed E-state index contributed by atoms with van der Waals surface area (Å²) in [4.78, 5) is 129. The van der Waals surface area contributed by atoms with Gasteiger partial charge in [0.05, 0.1) is 77.8 Å². The van der Waals surface area contributed by atoms with Crippen LogP contribution >= 0.6 is 15.6 Å². The molecule has 26 nitrogen and oxygen atoms in total. The van der Waals surface area contributed by atoms with E-state index in [-0.39, 0.29) is 159 Å². The van der Waals surface area contributed by atoms with Crippen LogP contribution in [0.3, 0.4) is 0 Å². The third kappa shape index (κ3) is 93.2. The number of carbonyl (C=O) groups is 8. The van der Waals surface area contributed by atoms with E-state index in [2.05, 4.69) is 125 Å². The van der Waals surface area contributed by atoms with Gasteiger partial charge in [0, 0.05) is 51.6 Å². The van der Waals surface area contributed by atoms with Crippen molar-refractivity contribution in [1.29, 1.82) is 0 Å². The monoisotopic (exact) mass is 1930 g/mol. The molecule has 0 aromatic carbocycles. The second-order valence-electron chi connectivity index (χ2n) is 34.8. The first-order valence-corrected chi connectivity index (χ1v) is 54.5. The maximum absolute atomic E-state index is 14.0. The second kappa shape index (κ2) is 99.4. The van der Waals surface area contributed by atoms with E-state index < -0.39 is 121 Å². The molecule has 8 atom stereocenters. The fraction of sp³-hybridized carbons (Fsp3) is 0.843. The predicted molar refractivity (Wildman–Crippen MR) is 527 cm³/mol. The summed E-state index contributed by atoms with van der Waals surface area (Å²) in [6.45, 7) is 14.3. The van der Waals surface area contributed by atoms with E-state index in [4.69, 9.17) is 46.5 Å². The van der Waals surface area contributed by atoms with Crippen molar-refractivity contribution >= 4 is 63.2 Å². The van der Waals surface area contributed by atoms with Crippen LogP contribution in [-0.2, 0) is 94.0 Å². The minimum absolute atomic E-state index is 0. The number of allylic oxidation sites excluding steroid dienone is 8. The van der Waals surface area contributed by atoms with Crippen molar-refractivity contribution in [3.05, 3.63) is 48.6 Å². The normalized spacial score (nSPS) is 13.8. The molecule has 0 saturated heterocycles. The Bertz CT molecular complexity index is 2800. The van der Waals surface area contributed by atoms with E-state index in [1.807, 2.05) is 0 Å². The Morgan fingerprint density at radius 1 is 0.288 bits per heavy atom. The van der Waals surface area contributed by atoms with Crippen LogP contribution in [-0.4, -0.2) is 160 Å². The van der Waals surface area contributed by atoms with E-state index in [1.54, 1.807) is 0 Å². The van der Waals surface area contributed by atoms with Gasteiger partial charge in [-0.25, -0.2) is 9.13 Å². The minimum Gasteiger partial charge on any atom is -1.00 e. The molecule has 0 bridgehead atoms. The summed E-state index contributed by atoms with van der Waals surface area (Å²) in [6, 6.07) is -2.02. The molecule has 132 heavy (non-hydrogen) atoms. The first-order chi connectivity index (χ1) is 62.6. The third-order valence-electron chi connectivity index (χ3n) is 22.2. The maximum atomic E-state index is 14.0. The van der Waals surface area contributed by atoms with E-state index >= 15 is 0 Å². The molecule has 0 saturated carbocycles. The van der Waals surface area contributed by atoms with E-state index in [0.717, 1.165) is 205 Å². The molecule has 0 rings (SSSR count). The summed E-state index contributed by atoms with van der Waals surface area (Å²) >= 11 is 0. The summed E-state index contributed by atoms with van der Waals surface area (Å²) in [5.41, 5.74) is 0. The molecule has 0 aromatic heterocycles. The zero-order valence-electron chi connectivity index (χ0n) is 86.2. The zero-order chi connectivity index (χ0) is 94.8. The number of nitrogens with one attached hydrogen (secondary N) is 4. The quantitative estimate of drug-likeness (QED) is 0.00626. The van der Waals surface area contributed by atoms with Crippen molar-refractivity contribution in [2.75, 3.05) is 65.9 Å². The number of phosphoric ester groups is 2. The number of amides is 4. The summed E-state index contributed by atoms with van der Waals surface area (Å²) in [5, 5.41) is 10.6. The van der Waals surface area contributed by atoms with Gasteiger partial charge in [-0.1, -0.05) is 291 Å². The number of unbranched alkanes of at least 4 members (excludes halogenated alkanes) is 36. The first-order valence-electron chi connectivity index (χ1n) is 51.5. The van der Waals surface area contributed by atoms with Gasteiger partial charge in [-0.3, -0.25) is 56.5 Å². The first kappa shape index (κ1) is 135. The summed E-state index contributed by atoms with van der Waals surface area (Å²) in [5.74, 6) is -3.94. The average molecular weight is 1930 g/mol. The molecule has 0 aromatic rings. The molecule has 0 aliphatic carbocycles. The number of hydrogen-bond acceptors (Lipinski definition) is 20. The van der Waals surface area contributed by atoms with E-state index in [0.29, 0.717) is 64.2 Å². The Hall–Kier alpha value is -3.14. The smallest absolute Gasteiger partial charge is 1.00 e. The molecule has 0 aliphatic rings. The van der Waals surface area contributed by atoms with Gasteiger partial charge in [-0.2, -0.15) is 0 Å². The van der Waals surface area contributed by atoms with Crippen LogP contribution in [0.2, 0.25) is 0 Å². The Labute approximate surface area is 849 Å². The van der Waals surface area contributed by atoms with Gasteiger partial charge in [-0.15, -0.1) is 0 Å². The zero-order valence-corrected chi connectivity index (χ0v) is 90.0. The van der Waals surface area contributed by atoms with Crippen LogP contribution < -0.4 is 80.4 Å². The number of carbonyl (C=O) groups excluding carboxylic acids is 8. The molecular formula is C102H192N4Na2O22P2. The second-order valence-corrected chi connectivity index (χ2v) is 37.8. The van der Waals surface area contributed by atoms with Crippen LogP contribution in [0.5, 0.6) is 0 Å². The van der Waals surface area contributed by atoms with Crippen molar-refractivity contribution in [2.45, 2.75) is 491 Å². The SMILES string of the molecule is C.CCCCCC/C=C\CCCC(=O)O[C@H](CCCCCCC)CCOCC(COP(=O)(O)OCCNC(=O)CC(=O)NCCOP(=O)(O)OCC(COCC[C@@H](CCCCCCC)OC(=O)CCC/C=C\CCCCCC)NC(=O)C[C@@H](CCCCCCC)OC(=O)CCC/C=C\CCCCCC)NC(=O)C[C@@H](CCCCCCC)OC(=O)CCC/C=C\CCCCCC.[H-].[H-].[Na+].[Na+]. The number of esters is 4. The largest absolute Gasteiger partial charge is 1.00 e. The van der Waals surface area contributed by atoms with Crippen LogP contribution in [0, 0.1) is 0 Å². The number of hydrogen-bond donors (Lipinski definition) is 6. The molecule has 0 fully saturated rings. The van der Waals surface area contributed by atoms with Gasteiger partial charge in [-0.05, 0) is 154 Å². The Morgan fingerprint density at radius 3 is 0.788 bits per heavy atom. The van der Waals surface area contributed by atoms with E-state index in [9.17, 15) is 57.3 Å². The molecule has 30 heteroatoms. The van der Waals surface area contributed by atoms with Crippen LogP contribution in [0.4, 0.5) is 0 Å². The Morgan fingerprint density at radius 2 is 0.523 bits per heavy atom. The fourth-order valence-electron chi connectivity index (χ4n) is 14.5.